The third-order valence-electron chi connectivity index (χ3n) is 14.5. The van der Waals surface area contributed by atoms with Gasteiger partial charge in [0.05, 0.1) is 19.2 Å². The van der Waals surface area contributed by atoms with Gasteiger partial charge in [-0.15, -0.1) is 0 Å². The van der Waals surface area contributed by atoms with E-state index in [1.165, 1.54) is 84.8 Å². The summed E-state index contributed by atoms with van der Waals surface area (Å²) in [6.45, 7) is 22.6. The van der Waals surface area contributed by atoms with Crippen LogP contribution in [0.2, 0.25) is 0 Å². The maximum Gasteiger partial charge on any atom is 0.246 e. The SMILES string of the molecule is C/C=C/C[C@@H](C)[C@@H](O)[C@H]1C(=O)N[C@@H](CC)C(=O)N(C)CC(=O)N(C)CC(=O)N[C@@H](C(C)C)C(=O)N(C)[C@@H](C)C(=O)N[C@@H](C)C(=O)N[C@H](C)C(=O)N(C)[C@@H](CC(C)C)C(=O)N(C)[C@H](CC(C)C)C(=O)N(C)[C@@H](C(C)C)C(=O)N1C. The van der Waals surface area contributed by atoms with E-state index in [4.69, 9.17) is 0 Å². The number of allylic oxidation sites excluding steroid dienone is 2. The van der Waals surface area contributed by atoms with Crippen molar-refractivity contribution >= 4 is 65.0 Å². The molecule has 11 atom stereocenters. The first-order chi connectivity index (χ1) is 36.0. The number of aliphatic hydroxyl groups is 1. The molecule has 0 aromatic heterocycles. The van der Waals surface area contributed by atoms with Crippen LogP contribution in [-0.4, -0.2) is 227 Å². The summed E-state index contributed by atoms with van der Waals surface area (Å²) in [6, 6.07) is -11.1. The molecule has 1 aliphatic rings. The van der Waals surface area contributed by atoms with Crippen molar-refractivity contribution in [3.8, 4) is 0 Å². The molecule has 11 amide bonds. The molecule has 0 aromatic rings. The van der Waals surface area contributed by atoms with Crippen LogP contribution in [0.1, 0.15) is 123 Å². The van der Waals surface area contributed by atoms with Gasteiger partial charge in [-0.05, 0) is 83.0 Å². The van der Waals surface area contributed by atoms with Crippen LogP contribution in [0.5, 0.6) is 0 Å². The minimum absolute atomic E-state index is 0.0275. The Hall–Kier alpha value is -6.13. The molecule has 0 aliphatic carbocycles. The van der Waals surface area contributed by atoms with Gasteiger partial charge in [0.15, 0.2) is 0 Å². The van der Waals surface area contributed by atoms with E-state index in [0.29, 0.717) is 6.42 Å². The molecule has 1 heterocycles. The lowest BCUT2D eigenvalue weighted by Crippen LogP contribution is -2.63. The van der Waals surface area contributed by atoms with Gasteiger partial charge in [0.2, 0.25) is 65.0 Å². The van der Waals surface area contributed by atoms with Crippen molar-refractivity contribution in [3.05, 3.63) is 12.2 Å². The molecule has 1 fully saturated rings. The quantitative estimate of drug-likeness (QED) is 0.180. The number of nitrogens with zero attached hydrogens (tertiary/aromatic N) is 7. The van der Waals surface area contributed by atoms with Crippen molar-refractivity contribution in [1.82, 2.24) is 55.6 Å². The fourth-order valence-corrected chi connectivity index (χ4v) is 9.25. The Labute approximate surface area is 464 Å². The van der Waals surface area contributed by atoms with Crippen LogP contribution in [-0.2, 0) is 52.7 Å². The lowest BCUT2D eigenvalue weighted by Gasteiger charge is -2.41. The molecule has 78 heavy (non-hydrogen) atoms. The number of rotatable bonds is 11. The highest BCUT2D eigenvalue weighted by molar-refractivity contribution is 5.99. The second kappa shape index (κ2) is 31.5. The molecule has 0 saturated carbocycles. The summed E-state index contributed by atoms with van der Waals surface area (Å²) in [6.07, 6.45) is 2.73. The number of amides is 11. The normalized spacial score (nSPS) is 27.1. The monoisotopic (exact) mass is 1100 g/mol. The lowest BCUT2D eigenvalue weighted by atomic mass is 9.91. The van der Waals surface area contributed by atoms with Crippen molar-refractivity contribution in [1.29, 1.82) is 0 Å². The number of hydrogen-bond acceptors (Lipinski definition) is 12. The number of carbonyl (C=O) groups excluding carboxylic acids is 11. The van der Waals surface area contributed by atoms with Crippen LogP contribution in [0.15, 0.2) is 12.2 Å². The molecule has 1 aliphatic heterocycles. The van der Waals surface area contributed by atoms with Gasteiger partial charge in [-0.1, -0.05) is 81.4 Å². The highest BCUT2D eigenvalue weighted by Gasteiger charge is 2.45. The molecular weight excluding hydrogens is 1010 g/mol. The summed E-state index contributed by atoms with van der Waals surface area (Å²) in [7, 11) is 9.68. The predicted octanol–water partition coefficient (Wildman–Crippen LogP) is 0.828. The number of aliphatic hydroxyl groups excluding tert-OH is 1. The summed E-state index contributed by atoms with van der Waals surface area (Å²) in [4.78, 5) is 164. The predicted molar refractivity (Wildman–Crippen MR) is 296 cm³/mol. The average molecular weight is 1100 g/mol. The van der Waals surface area contributed by atoms with Gasteiger partial charge in [0.1, 0.15) is 54.4 Å². The first kappa shape index (κ1) is 69.9. The highest BCUT2D eigenvalue weighted by Crippen LogP contribution is 2.25. The maximum atomic E-state index is 15.0. The molecule has 0 unspecified atom stereocenters. The van der Waals surface area contributed by atoms with E-state index in [9.17, 15) is 57.8 Å². The van der Waals surface area contributed by atoms with Crippen LogP contribution in [0.25, 0.3) is 0 Å². The van der Waals surface area contributed by atoms with Crippen molar-refractivity contribution in [2.24, 2.45) is 29.6 Å². The first-order valence-corrected chi connectivity index (χ1v) is 27.3. The molecule has 0 bridgehead atoms. The van der Waals surface area contributed by atoms with Gasteiger partial charge in [-0.3, -0.25) is 52.7 Å². The van der Waals surface area contributed by atoms with Gasteiger partial charge >= 0.3 is 0 Å². The van der Waals surface area contributed by atoms with E-state index in [1.807, 2.05) is 27.7 Å². The molecule has 23 nitrogen and oxygen atoms in total. The Balaban J connectivity index is 4.11. The van der Waals surface area contributed by atoms with Crippen molar-refractivity contribution in [2.75, 3.05) is 62.4 Å². The highest BCUT2D eigenvalue weighted by atomic mass is 16.3. The lowest BCUT2D eigenvalue weighted by molar-refractivity contribution is -0.157. The Morgan fingerprint density at radius 2 is 1.01 bits per heavy atom. The number of hydrogen-bond donors (Lipinski definition) is 5. The maximum absolute atomic E-state index is 15.0. The molecule has 5 N–H and O–H groups in total. The van der Waals surface area contributed by atoms with Crippen molar-refractivity contribution < 1.29 is 57.8 Å². The smallest absolute Gasteiger partial charge is 0.246 e. The molecule has 444 valence electrons. The Morgan fingerprint density at radius 1 is 0.526 bits per heavy atom. The molecular formula is C55H97N11O12. The van der Waals surface area contributed by atoms with Gasteiger partial charge in [-0.2, -0.15) is 0 Å². The summed E-state index contributed by atoms with van der Waals surface area (Å²) in [5.74, 6) is -9.60. The number of likely N-dealkylation sites (N-methyl/N-ethyl adjacent to an activating group) is 7. The summed E-state index contributed by atoms with van der Waals surface area (Å²) in [5, 5.41) is 22.5. The molecule has 1 saturated heterocycles. The largest absolute Gasteiger partial charge is 0.390 e. The summed E-state index contributed by atoms with van der Waals surface area (Å²) >= 11 is 0. The standard InChI is InChI=1S/C55H97N11O12/c1-22-24-25-34(11)46(69)45-49(72)58-38(23-2)51(74)61(16)29-42(68)60(15)28-41(67)59-43(32(7)8)54(77)62(17)37(14)48(71)56-35(12)47(70)57-36(13)50(73)63(18)39(26-30(3)4)52(75)64(19)40(27-31(5)6)53(76)65(20)44(33(9)10)55(78)66(45)21/h22,24,30-40,43-46,69H,23,25-29H2,1-21H3,(H,56,71)(H,57,70)(H,58,72)(H,59,67)/b24-22+/t34-,35+,36-,37+,38+,39+,40-,43+,44+,45+,46-/m1/s1. The van der Waals surface area contributed by atoms with Gasteiger partial charge in [0.25, 0.3) is 0 Å². The fourth-order valence-electron chi connectivity index (χ4n) is 9.25. The van der Waals surface area contributed by atoms with E-state index in [2.05, 4.69) is 21.3 Å². The third kappa shape index (κ3) is 19.1. The molecule has 0 aromatic carbocycles. The Morgan fingerprint density at radius 3 is 1.49 bits per heavy atom. The van der Waals surface area contributed by atoms with E-state index in [1.54, 1.807) is 60.6 Å². The van der Waals surface area contributed by atoms with Crippen LogP contribution < -0.4 is 21.3 Å². The van der Waals surface area contributed by atoms with E-state index in [0.717, 1.165) is 19.6 Å². The molecule has 0 spiro atoms. The molecule has 1 rings (SSSR count). The van der Waals surface area contributed by atoms with Gasteiger partial charge in [-0.25, -0.2) is 0 Å². The third-order valence-corrected chi connectivity index (χ3v) is 14.5. The number of nitrogens with one attached hydrogen (secondary N) is 4. The Bertz CT molecular complexity index is 2150. The fraction of sp³-hybridized carbons (Fsp3) is 0.764. The van der Waals surface area contributed by atoms with Crippen LogP contribution in [0, 0.1) is 29.6 Å². The van der Waals surface area contributed by atoms with Gasteiger partial charge < -0.3 is 60.7 Å². The van der Waals surface area contributed by atoms with Crippen LogP contribution in [0.3, 0.4) is 0 Å². The Kier molecular flexibility index (Phi) is 28.2. The zero-order valence-corrected chi connectivity index (χ0v) is 50.6. The molecule has 23 heteroatoms. The van der Waals surface area contributed by atoms with Crippen LogP contribution >= 0.6 is 0 Å². The summed E-state index contributed by atoms with van der Waals surface area (Å²) in [5.41, 5.74) is 0. The summed E-state index contributed by atoms with van der Waals surface area (Å²) < 4.78 is 0. The minimum Gasteiger partial charge on any atom is -0.390 e. The van der Waals surface area contributed by atoms with E-state index >= 15 is 0 Å². The number of carbonyl (C=O) groups is 11. The van der Waals surface area contributed by atoms with E-state index in [-0.39, 0.29) is 31.1 Å². The van der Waals surface area contributed by atoms with Crippen molar-refractivity contribution in [2.45, 2.75) is 183 Å². The zero-order valence-electron chi connectivity index (χ0n) is 50.6. The van der Waals surface area contributed by atoms with Crippen molar-refractivity contribution in [3.63, 3.8) is 0 Å². The molecule has 0 radical (unpaired) electrons. The second-order valence-electron chi connectivity index (χ2n) is 22.8. The topological polar surface area (TPSA) is 279 Å². The van der Waals surface area contributed by atoms with Crippen LogP contribution in [0.4, 0.5) is 0 Å². The van der Waals surface area contributed by atoms with Gasteiger partial charge in [0, 0.05) is 49.3 Å². The zero-order chi connectivity index (χ0) is 60.5. The minimum atomic E-state index is -1.60. The average Bonchev–Trinajstić information content (AvgIpc) is 3.36. The second-order valence-corrected chi connectivity index (χ2v) is 22.8. The first-order valence-electron chi connectivity index (χ1n) is 27.3. The van der Waals surface area contributed by atoms with E-state index < -0.39 is 156 Å².